The summed E-state index contributed by atoms with van der Waals surface area (Å²) in [5.74, 6) is -1.09. The fraction of sp³-hybridized carbons (Fsp3) is 0.250. The van der Waals surface area contributed by atoms with Crippen LogP contribution in [0, 0.1) is 11.6 Å². The third-order valence-corrected chi connectivity index (χ3v) is 5.06. The minimum absolute atomic E-state index is 0.0962. The van der Waals surface area contributed by atoms with E-state index in [4.69, 9.17) is 4.74 Å². The van der Waals surface area contributed by atoms with Crippen LogP contribution in [0.3, 0.4) is 0 Å². The number of hydrogen-bond acceptors (Lipinski definition) is 4. The Morgan fingerprint density at radius 1 is 0.958 bits per heavy atom. The van der Waals surface area contributed by atoms with Crippen LogP contribution in [0.1, 0.15) is 0 Å². The molecule has 5 nitrogen and oxygen atoms in total. The van der Waals surface area contributed by atoms with Gasteiger partial charge in [0.15, 0.2) is 0 Å². The Bertz CT molecular complexity index is 820. The molecule has 1 N–H and O–H groups in total. The van der Waals surface area contributed by atoms with Crippen LogP contribution < -0.4 is 9.62 Å². The Hall–Kier alpha value is -2.19. The predicted octanol–water partition coefficient (Wildman–Crippen LogP) is 2.60. The van der Waals surface area contributed by atoms with Crippen LogP contribution in [0.5, 0.6) is 0 Å². The molecular weight excluding hydrogens is 338 g/mol. The number of benzene rings is 2. The second kappa shape index (κ2) is 6.74. The third kappa shape index (κ3) is 3.65. The molecule has 128 valence electrons. The van der Waals surface area contributed by atoms with Gasteiger partial charge in [0, 0.05) is 19.2 Å². The first-order valence-corrected chi connectivity index (χ1v) is 8.85. The van der Waals surface area contributed by atoms with Crippen molar-refractivity contribution in [1.29, 1.82) is 0 Å². The Kier molecular flexibility index (Phi) is 4.68. The summed E-state index contributed by atoms with van der Waals surface area (Å²) in [6.45, 7) is 2.19. The summed E-state index contributed by atoms with van der Waals surface area (Å²) in [5, 5.41) is 0. The lowest BCUT2D eigenvalue weighted by Gasteiger charge is -2.30. The van der Waals surface area contributed by atoms with Crippen LogP contribution in [0.25, 0.3) is 0 Å². The number of morpholine rings is 1. The zero-order valence-corrected chi connectivity index (χ0v) is 13.5. The summed E-state index contributed by atoms with van der Waals surface area (Å²) in [6, 6.07) is 8.37. The quantitative estimate of drug-likeness (QED) is 0.917. The van der Waals surface area contributed by atoms with Gasteiger partial charge in [-0.25, -0.2) is 17.2 Å². The highest BCUT2D eigenvalue weighted by Gasteiger charge is 2.20. The number of halogens is 2. The molecule has 8 heteroatoms. The van der Waals surface area contributed by atoms with Gasteiger partial charge in [-0.2, -0.15) is 0 Å². The van der Waals surface area contributed by atoms with Crippen molar-refractivity contribution in [2.24, 2.45) is 0 Å². The molecule has 0 aromatic heterocycles. The van der Waals surface area contributed by atoms with Gasteiger partial charge in [-0.15, -0.1) is 0 Å². The molecule has 1 fully saturated rings. The number of hydrogen-bond donors (Lipinski definition) is 1. The summed E-state index contributed by atoms with van der Waals surface area (Å²) in [5.41, 5.74) is 0.714. The Morgan fingerprint density at radius 2 is 1.58 bits per heavy atom. The fourth-order valence-corrected chi connectivity index (χ4v) is 3.55. The van der Waals surface area contributed by atoms with Gasteiger partial charge < -0.3 is 9.64 Å². The van der Waals surface area contributed by atoms with Crippen molar-refractivity contribution in [3.63, 3.8) is 0 Å². The van der Waals surface area contributed by atoms with Crippen molar-refractivity contribution >= 4 is 21.4 Å². The van der Waals surface area contributed by atoms with Gasteiger partial charge in [-0.3, -0.25) is 4.72 Å². The van der Waals surface area contributed by atoms with Crippen molar-refractivity contribution in [1.82, 2.24) is 0 Å². The minimum Gasteiger partial charge on any atom is -0.378 e. The lowest BCUT2D eigenvalue weighted by Crippen LogP contribution is -2.36. The summed E-state index contributed by atoms with van der Waals surface area (Å²) >= 11 is 0. The van der Waals surface area contributed by atoms with E-state index in [0.29, 0.717) is 32.0 Å². The number of anilines is 2. The first-order valence-electron chi connectivity index (χ1n) is 7.36. The first-order chi connectivity index (χ1) is 11.5. The van der Waals surface area contributed by atoms with Crippen molar-refractivity contribution < 1.29 is 21.9 Å². The standard InChI is InChI=1S/C16H16F2N2O3S/c17-12-1-4-14(5-2-12)24(21,22)19-15-11-13(18)3-6-16(15)20-7-9-23-10-8-20/h1-6,11,19H,7-10H2. The third-order valence-electron chi connectivity index (χ3n) is 3.68. The van der Waals surface area contributed by atoms with E-state index in [1.807, 2.05) is 4.90 Å². The molecule has 2 aromatic carbocycles. The first kappa shape index (κ1) is 16.7. The average Bonchev–Trinajstić information content (AvgIpc) is 2.56. The Morgan fingerprint density at radius 3 is 2.25 bits per heavy atom. The summed E-state index contributed by atoms with van der Waals surface area (Å²) in [6.07, 6.45) is 0. The van der Waals surface area contributed by atoms with Crippen LogP contribution in [0.4, 0.5) is 20.2 Å². The van der Waals surface area contributed by atoms with E-state index in [0.717, 1.165) is 30.3 Å². The van der Waals surface area contributed by atoms with E-state index in [1.165, 1.54) is 12.1 Å². The van der Waals surface area contributed by atoms with Crippen molar-refractivity contribution in [2.45, 2.75) is 4.90 Å². The average molecular weight is 354 g/mol. The van der Waals surface area contributed by atoms with Crippen LogP contribution in [-0.2, 0) is 14.8 Å². The molecule has 0 unspecified atom stereocenters. The molecule has 3 rings (SSSR count). The van der Waals surface area contributed by atoms with E-state index < -0.39 is 21.7 Å². The maximum Gasteiger partial charge on any atom is 0.261 e. The number of nitrogens with zero attached hydrogens (tertiary/aromatic N) is 1. The summed E-state index contributed by atoms with van der Waals surface area (Å²) in [4.78, 5) is 1.83. The van der Waals surface area contributed by atoms with E-state index >= 15 is 0 Å². The molecule has 1 heterocycles. The molecule has 1 aliphatic rings. The lowest BCUT2D eigenvalue weighted by atomic mass is 10.2. The normalized spacial score (nSPS) is 15.3. The minimum atomic E-state index is -3.95. The summed E-state index contributed by atoms with van der Waals surface area (Å²) in [7, 11) is -3.95. The maximum atomic E-state index is 13.6. The molecule has 0 aliphatic carbocycles. The van der Waals surface area contributed by atoms with E-state index in [2.05, 4.69) is 4.72 Å². The zero-order valence-electron chi connectivity index (χ0n) is 12.7. The molecule has 0 spiro atoms. The van der Waals surface area contributed by atoms with Gasteiger partial charge in [0.05, 0.1) is 29.5 Å². The lowest BCUT2D eigenvalue weighted by molar-refractivity contribution is 0.123. The van der Waals surface area contributed by atoms with Gasteiger partial charge in [-0.05, 0) is 36.4 Å². The van der Waals surface area contributed by atoms with E-state index in [9.17, 15) is 17.2 Å². The molecule has 0 radical (unpaired) electrons. The van der Waals surface area contributed by atoms with Gasteiger partial charge in [0.2, 0.25) is 0 Å². The molecule has 0 amide bonds. The largest absolute Gasteiger partial charge is 0.378 e. The van der Waals surface area contributed by atoms with E-state index in [1.54, 1.807) is 0 Å². The second-order valence-electron chi connectivity index (χ2n) is 5.32. The molecule has 0 saturated carbocycles. The fourth-order valence-electron chi connectivity index (χ4n) is 2.49. The van der Waals surface area contributed by atoms with Gasteiger partial charge in [0.25, 0.3) is 10.0 Å². The SMILES string of the molecule is O=S(=O)(Nc1cc(F)ccc1N1CCOCC1)c1ccc(F)cc1. The number of rotatable bonds is 4. The number of nitrogens with one attached hydrogen (secondary N) is 1. The van der Waals surface area contributed by atoms with Crippen LogP contribution >= 0.6 is 0 Å². The van der Waals surface area contributed by atoms with Crippen molar-refractivity contribution in [2.75, 3.05) is 35.9 Å². The predicted molar refractivity (Wildman–Crippen MR) is 86.6 cm³/mol. The molecule has 24 heavy (non-hydrogen) atoms. The number of sulfonamides is 1. The van der Waals surface area contributed by atoms with Crippen LogP contribution in [0.15, 0.2) is 47.4 Å². The molecular formula is C16H16F2N2O3S. The molecule has 2 aromatic rings. The van der Waals surface area contributed by atoms with Gasteiger partial charge >= 0.3 is 0 Å². The van der Waals surface area contributed by atoms with Gasteiger partial charge in [0.1, 0.15) is 11.6 Å². The molecule has 0 bridgehead atoms. The van der Waals surface area contributed by atoms with Crippen molar-refractivity contribution in [3.8, 4) is 0 Å². The molecule has 1 saturated heterocycles. The topological polar surface area (TPSA) is 58.6 Å². The Labute approximate surface area is 138 Å². The maximum absolute atomic E-state index is 13.6. The number of ether oxygens (including phenoxy) is 1. The van der Waals surface area contributed by atoms with Crippen LogP contribution in [-0.4, -0.2) is 34.7 Å². The molecule has 1 aliphatic heterocycles. The monoisotopic (exact) mass is 354 g/mol. The van der Waals surface area contributed by atoms with Gasteiger partial charge in [-0.1, -0.05) is 0 Å². The Balaban J connectivity index is 1.93. The zero-order chi connectivity index (χ0) is 17.2. The highest BCUT2D eigenvalue weighted by molar-refractivity contribution is 7.92. The smallest absolute Gasteiger partial charge is 0.261 e. The van der Waals surface area contributed by atoms with Crippen LogP contribution in [0.2, 0.25) is 0 Å². The highest BCUT2D eigenvalue weighted by atomic mass is 32.2. The molecule has 0 atom stereocenters. The highest BCUT2D eigenvalue weighted by Crippen LogP contribution is 2.29. The summed E-state index contributed by atoms with van der Waals surface area (Å²) < 4.78 is 59.2. The van der Waals surface area contributed by atoms with Crippen molar-refractivity contribution in [3.05, 3.63) is 54.1 Å². The second-order valence-corrected chi connectivity index (χ2v) is 7.00. The van der Waals surface area contributed by atoms with E-state index in [-0.39, 0.29) is 10.6 Å².